The predicted octanol–water partition coefficient (Wildman–Crippen LogP) is 5.61. The number of benzene rings is 1. The molecule has 0 aliphatic heterocycles. The number of hydrogen-bond donors (Lipinski definition) is 1. The molecule has 172 valence electrons. The molecular formula is C23H35N3O4S. The van der Waals surface area contributed by atoms with Gasteiger partial charge in [0.2, 0.25) is 0 Å². The maximum Gasteiger partial charge on any atom is 0.408 e. The molecule has 31 heavy (non-hydrogen) atoms. The molecule has 1 saturated carbocycles. The van der Waals surface area contributed by atoms with E-state index in [1.54, 1.807) is 12.1 Å². The van der Waals surface area contributed by atoms with Gasteiger partial charge in [0.1, 0.15) is 10.6 Å². The Kier molecular flexibility index (Phi) is 8.40. The number of ether oxygens (including phenoxy) is 1. The number of likely N-dealkylation sites (N-methyl/N-ethyl adjacent to an activating group) is 1. The van der Waals surface area contributed by atoms with Crippen molar-refractivity contribution in [2.24, 2.45) is 5.92 Å². The first-order valence-electron chi connectivity index (χ1n) is 10.9. The smallest absolute Gasteiger partial charge is 0.408 e. The van der Waals surface area contributed by atoms with Gasteiger partial charge in [-0.1, -0.05) is 56.5 Å². The van der Waals surface area contributed by atoms with Crippen LogP contribution in [0.1, 0.15) is 71.8 Å². The van der Waals surface area contributed by atoms with Crippen LogP contribution < -0.4 is 5.32 Å². The molecule has 1 aliphatic rings. The second kappa shape index (κ2) is 10.4. The number of alkyl carbamates (subject to hydrolysis) is 1. The fourth-order valence-electron chi connectivity index (χ4n) is 4.18. The van der Waals surface area contributed by atoms with Crippen molar-refractivity contribution in [3.05, 3.63) is 39.9 Å². The number of non-ortho nitro benzene ring substituents is 1. The van der Waals surface area contributed by atoms with Crippen molar-refractivity contribution in [3.63, 3.8) is 0 Å². The second-order valence-corrected chi connectivity index (χ2v) is 10.1. The van der Waals surface area contributed by atoms with E-state index in [-0.39, 0.29) is 5.69 Å². The number of nitro benzene ring substituents is 1. The van der Waals surface area contributed by atoms with Gasteiger partial charge in [0.05, 0.1) is 10.5 Å². The first-order valence-corrected chi connectivity index (χ1v) is 11.3. The number of carbonyl (C=O) groups excluding carboxylic acids is 1. The van der Waals surface area contributed by atoms with Gasteiger partial charge < -0.3 is 15.0 Å². The number of nitrogens with zero attached hydrogens (tertiary/aromatic N) is 2. The van der Waals surface area contributed by atoms with Crippen molar-refractivity contribution in [1.29, 1.82) is 0 Å². The van der Waals surface area contributed by atoms with Gasteiger partial charge in [-0.05, 0) is 45.6 Å². The zero-order valence-corrected chi connectivity index (χ0v) is 20.1. The second-order valence-electron chi connectivity index (χ2n) is 9.75. The van der Waals surface area contributed by atoms with Crippen molar-refractivity contribution >= 4 is 29.0 Å². The van der Waals surface area contributed by atoms with E-state index in [0.29, 0.717) is 17.5 Å². The lowest BCUT2D eigenvalue weighted by Gasteiger charge is -2.39. The van der Waals surface area contributed by atoms with Crippen LogP contribution in [0.3, 0.4) is 0 Å². The summed E-state index contributed by atoms with van der Waals surface area (Å²) in [5.74, 6) is 0.499. The van der Waals surface area contributed by atoms with Crippen molar-refractivity contribution in [3.8, 4) is 0 Å². The van der Waals surface area contributed by atoms with E-state index in [2.05, 4.69) is 5.32 Å². The Balaban J connectivity index is 2.16. The number of nitrogens with one attached hydrogen (secondary N) is 1. The molecule has 0 spiro atoms. The van der Waals surface area contributed by atoms with Crippen LogP contribution in [0.25, 0.3) is 0 Å². The summed E-state index contributed by atoms with van der Waals surface area (Å²) >= 11 is 5.85. The zero-order valence-electron chi connectivity index (χ0n) is 19.3. The summed E-state index contributed by atoms with van der Waals surface area (Å²) in [6, 6.07) is 6.45. The summed E-state index contributed by atoms with van der Waals surface area (Å²) in [6.45, 7) is 7.98. The van der Waals surface area contributed by atoms with E-state index in [1.807, 2.05) is 39.6 Å². The quantitative estimate of drug-likeness (QED) is 0.331. The van der Waals surface area contributed by atoms with Crippen molar-refractivity contribution in [2.45, 2.75) is 83.9 Å². The third-order valence-corrected chi connectivity index (χ3v) is 6.35. The van der Waals surface area contributed by atoms with Crippen LogP contribution in [0.5, 0.6) is 0 Å². The molecule has 0 heterocycles. The van der Waals surface area contributed by atoms with E-state index in [4.69, 9.17) is 17.0 Å². The highest BCUT2D eigenvalue weighted by Crippen LogP contribution is 2.32. The molecule has 0 saturated heterocycles. The van der Waals surface area contributed by atoms with Gasteiger partial charge in [0.15, 0.2) is 0 Å². The van der Waals surface area contributed by atoms with E-state index in [0.717, 1.165) is 24.8 Å². The normalized spacial score (nSPS) is 16.8. The molecule has 0 unspecified atom stereocenters. The third-order valence-electron chi connectivity index (χ3n) is 5.58. The molecule has 1 aromatic carbocycles. The van der Waals surface area contributed by atoms with Gasteiger partial charge >= 0.3 is 6.09 Å². The number of amides is 1. The molecule has 2 rings (SSSR count). The van der Waals surface area contributed by atoms with Gasteiger partial charge in [-0.2, -0.15) is 0 Å². The van der Waals surface area contributed by atoms with Crippen molar-refractivity contribution in [1.82, 2.24) is 10.2 Å². The molecule has 1 N–H and O–H groups in total. The first kappa shape index (κ1) is 25.0. The van der Waals surface area contributed by atoms with Crippen molar-refractivity contribution in [2.75, 3.05) is 7.05 Å². The highest BCUT2D eigenvalue weighted by atomic mass is 32.1. The Morgan fingerprint density at radius 1 is 1.19 bits per heavy atom. The largest absolute Gasteiger partial charge is 0.444 e. The van der Waals surface area contributed by atoms with Crippen LogP contribution in [0, 0.1) is 16.0 Å². The van der Waals surface area contributed by atoms with E-state index < -0.39 is 22.2 Å². The zero-order chi connectivity index (χ0) is 23.2. The molecule has 1 atom stereocenters. The molecule has 0 aromatic heterocycles. The van der Waals surface area contributed by atoms with Crippen LogP contribution in [0.2, 0.25) is 0 Å². The van der Waals surface area contributed by atoms with Gasteiger partial charge in [-0.3, -0.25) is 10.1 Å². The maximum absolute atomic E-state index is 12.6. The molecule has 0 bridgehead atoms. The van der Waals surface area contributed by atoms with Crippen LogP contribution in [-0.2, 0) is 11.3 Å². The molecule has 1 fully saturated rings. The fraction of sp³-hybridized carbons (Fsp3) is 0.652. The third kappa shape index (κ3) is 7.76. The van der Waals surface area contributed by atoms with E-state index in [1.165, 1.54) is 31.4 Å². The molecular weight excluding hydrogens is 414 g/mol. The minimum atomic E-state index is -0.727. The Morgan fingerprint density at radius 2 is 1.77 bits per heavy atom. The number of carbonyl (C=O) groups is 1. The lowest BCUT2D eigenvalue weighted by atomic mass is 9.79. The minimum Gasteiger partial charge on any atom is -0.444 e. The highest BCUT2D eigenvalue weighted by Gasteiger charge is 2.37. The monoisotopic (exact) mass is 449 g/mol. The van der Waals surface area contributed by atoms with Crippen LogP contribution in [-0.4, -0.2) is 39.1 Å². The number of thiocarbonyl (C=S) groups is 1. The predicted molar refractivity (Wildman–Crippen MR) is 126 cm³/mol. The number of hydrogen-bond acceptors (Lipinski definition) is 5. The van der Waals surface area contributed by atoms with E-state index >= 15 is 0 Å². The maximum atomic E-state index is 12.6. The minimum absolute atomic E-state index is 0.0581. The summed E-state index contributed by atoms with van der Waals surface area (Å²) in [6.07, 6.45) is 6.24. The summed E-state index contributed by atoms with van der Waals surface area (Å²) in [4.78, 5) is 25.7. The molecule has 8 heteroatoms. The topological polar surface area (TPSA) is 84.7 Å². The average Bonchev–Trinajstić information content (AvgIpc) is 2.66. The van der Waals surface area contributed by atoms with E-state index in [9.17, 15) is 14.9 Å². The Morgan fingerprint density at radius 3 is 2.29 bits per heavy atom. The van der Waals surface area contributed by atoms with Crippen LogP contribution >= 0.6 is 12.2 Å². The summed E-state index contributed by atoms with van der Waals surface area (Å²) < 4.78 is 5.51. The SMILES string of the molecule is CN(Cc1ccc([N+](=O)[O-])cc1)C(=S)[C@@](C)(CC1CCCCC1)NC(=O)OC(C)(C)C. The fourth-order valence-corrected chi connectivity index (χ4v) is 4.38. The molecule has 1 aliphatic carbocycles. The summed E-state index contributed by atoms with van der Waals surface area (Å²) in [7, 11) is 1.89. The molecule has 1 aromatic rings. The first-order chi connectivity index (χ1) is 14.4. The van der Waals surface area contributed by atoms with Crippen molar-refractivity contribution < 1.29 is 14.5 Å². The Bertz CT molecular complexity index is 785. The summed E-state index contributed by atoms with van der Waals surface area (Å²) in [5.41, 5.74) is -0.354. The Hall–Kier alpha value is -2.22. The molecule has 0 radical (unpaired) electrons. The highest BCUT2D eigenvalue weighted by molar-refractivity contribution is 7.80. The average molecular weight is 450 g/mol. The lowest BCUT2D eigenvalue weighted by Crippen LogP contribution is -2.57. The summed E-state index contributed by atoms with van der Waals surface area (Å²) in [5, 5.41) is 13.9. The standard InChI is InChI=1S/C23H35N3O4S/c1-22(2,3)30-21(27)24-23(4,15-17-9-7-6-8-10-17)20(31)25(5)16-18-11-13-19(14-12-18)26(28)29/h11-14,17H,6-10,15-16H2,1-5H3,(H,24,27)/t23-/m1/s1. The van der Waals surface area contributed by atoms with Gasteiger partial charge in [-0.15, -0.1) is 0 Å². The number of nitro groups is 1. The number of rotatable bonds is 7. The van der Waals surface area contributed by atoms with Crippen LogP contribution in [0.4, 0.5) is 10.5 Å². The molecule has 7 nitrogen and oxygen atoms in total. The lowest BCUT2D eigenvalue weighted by molar-refractivity contribution is -0.384. The van der Waals surface area contributed by atoms with Gasteiger partial charge in [-0.25, -0.2) is 4.79 Å². The van der Waals surface area contributed by atoms with Gasteiger partial charge in [0, 0.05) is 25.7 Å². The van der Waals surface area contributed by atoms with Crippen LogP contribution in [0.15, 0.2) is 24.3 Å². The Labute approximate surface area is 190 Å². The molecule has 1 amide bonds. The van der Waals surface area contributed by atoms with Gasteiger partial charge in [0.25, 0.3) is 5.69 Å².